The third-order valence-electron chi connectivity index (χ3n) is 3.29. The van der Waals surface area contributed by atoms with E-state index in [9.17, 15) is 4.39 Å². The summed E-state index contributed by atoms with van der Waals surface area (Å²) < 4.78 is 14.1. The average Bonchev–Trinajstić information content (AvgIpc) is 2.49. The lowest BCUT2D eigenvalue weighted by Crippen LogP contribution is -2.23. The zero-order valence-corrected chi connectivity index (χ0v) is 11.5. The molecule has 3 heteroatoms. The standard InChI is InChI=1S/C17H17FN2/c1-2-20(12-14-7-4-3-5-8-14)13-16-10-6-9-15(11-19)17(16)18/h3-10H,2,12-13H2,1H3. The van der Waals surface area contributed by atoms with Crippen molar-refractivity contribution in [3.05, 3.63) is 71.0 Å². The van der Waals surface area contributed by atoms with Crippen molar-refractivity contribution >= 4 is 0 Å². The molecule has 0 amide bonds. The zero-order valence-electron chi connectivity index (χ0n) is 11.5. The van der Waals surface area contributed by atoms with E-state index < -0.39 is 5.82 Å². The molecule has 0 aromatic heterocycles. The third-order valence-corrected chi connectivity index (χ3v) is 3.29. The van der Waals surface area contributed by atoms with Gasteiger partial charge in [0.25, 0.3) is 0 Å². The highest BCUT2D eigenvalue weighted by Crippen LogP contribution is 2.15. The summed E-state index contributed by atoms with van der Waals surface area (Å²) in [5, 5.41) is 8.87. The van der Waals surface area contributed by atoms with E-state index >= 15 is 0 Å². The molecule has 0 aliphatic rings. The van der Waals surface area contributed by atoms with Crippen molar-refractivity contribution in [3.63, 3.8) is 0 Å². The Labute approximate surface area is 119 Å². The lowest BCUT2D eigenvalue weighted by molar-refractivity contribution is 0.267. The van der Waals surface area contributed by atoms with E-state index in [0.29, 0.717) is 12.1 Å². The molecule has 2 aromatic rings. The van der Waals surface area contributed by atoms with Gasteiger partial charge in [0.2, 0.25) is 0 Å². The van der Waals surface area contributed by atoms with Gasteiger partial charge in [0.05, 0.1) is 5.56 Å². The van der Waals surface area contributed by atoms with Crippen LogP contribution >= 0.6 is 0 Å². The van der Waals surface area contributed by atoms with E-state index in [-0.39, 0.29) is 5.56 Å². The first-order chi connectivity index (χ1) is 9.74. The van der Waals surface area contributed by atoms with Crippen molar-refractivity contribution in [3.8, 4) is 6.07 Å². The van der Waals surface area contributed by atoms with E-state index in [4.69, 9.17) is 5.26 Å². The number of halogens is 1. The summed E-state index contributed by atoms with van der Waals surface area (Å²) in [5.41, 5.74) is 1.88. The van der Waals surface area contributed by atoms with Gasteiger partial charge >= 0.3 is 0 Å². The van der Waals surface area contributed by atoms with Gasteiger partial charge in [0.1, 0.15) is 11.9 Å². The van der Waals surface area contributed by atoms with Gasteiger partial charge in [-0.05, 0) is 18.2 Å². The lowest BCUT2D eigenvalue weighted by atomic mass is 10.1. The molecule has 0 atom stereocenters. The van der Waals surface area contributed by atoms with E-state index in [2.05, 4.69) is 24.0 Å². The highest BCUT2D eigenvalue weighted by molar-refractivity contribution is 5.35. The maximum absolute atomic E-state index is 14.1. The minimum Gasteiger partial charge on any atom is -0.295 e. The van der Waals surface area contributed by atoms with Gasteiger partial charge in [-0.2, -0.15) is 5.26 Å². The van der Waals surface area contributed by atoms with Crippen molar-refractivity contribution in [2.45, 2.75) is 20.0 Å². The summed E-state index contributed by atoms with van der Waals surface area (Å²) in [5.74, 6) is -0.401. The minimum atomic E-state index is -0.401. The Morgan fingerprint density at radius 2 is 1.80 bits per heavy atom. The molecule has 0 radical (unpaired) electrons. The molecule has 20 heavy (non-hydrogen) atoms. The maximum atomic E-state index is 14.1. The van der Waals surface area contributed by atoms with Crippen LogP contribution in [0.15, 0.2) is 48.5 Å². The first-order valence-corrected chi connectivity index (χ1v) is 6.68. The molecule has 0 bridgehead atoms. The summed E-state index contributed by atoms with van der Waals surface area (Å²) in [6.07, 6.45) is 0. The van der Waals surface area contributed by atoms with Crippen LogP contribution in [0.2, 0.25) is 0 Å². The summed E-state index contributed by atoms with van der Waals surface area (Å²) in [6, 6.07) is 17.0. The van der Waals surface area contributed by atoms with Crippen LogP contribution in [0.3, 0.4) is 0 Å². The lowest BCUT2D eigenvalue weighted by Gasteiger charge is -2.21. The number of nitriles is 1. The van der Waals surface area contributed by atoms with Crippen LogP contribution in [0, 0.1) is 17.1 Å². The van der Waals surface area contributed by atoms with Gasteiger partial charge in [-0.15, -0.1) is 0 Å². The van der Waals surface area contributed by atoms with Crippen LogP contribution in [0.4, 0.5) is 4.39 Å². The smallest absolute Gasteiger partial charge is 0.145 e. The molecule has 0 spiro atoms. The Kier molecular flexibility index (Phi) is 4.86. The fourth-order valence-corrected chi connectivity index (χ4v) is 2.15. The summed E-state index contributed by atoms with van der Waals surface area (Å²) >= 11 is 0. The molecule has 0 heterocycles. The van der Waals surface area contributed by atoms with Crippen molar-refractivity contribution in [2.24, 2.45) is 0 Å². The fourth-order valence-electron chi connectivity index (χ4n) is 2.15. The first-order valence-electron chi connectivity index (χ1n) is 6.68. The predicted molar refractivity (Wildman–Crippen MR) is 77.3 cm³/mol. The second kappa shape index (κ2) is 6.83. The largest absolute Gasteiger partial charge is 0.295 e. The predicted octanol–water partition coefficient (Wildman–Crippen LogP) is 3.72. The Bertz CT molecular complexity index is 602. The second-order valence-electron chi connectivity index (χ2n) is 4.68. The molecule has 0 fully saturated rings. The first kappa shape index (κ1) is 14.2. The number of hydrogen-bond donors (Lipinski definition) is 0. The van der Waals surface area contributed by atoms with E-state index in [1.165, 1.54) is 11.6 Å². The fraction of sp³-hybridized carbons (Fsp3) is 0.235. The van der Waals surface area contributed by atoms with Crippen LogP contribution in [-0.2, 0) is 13.1 Å². The van der Waals surface area contributed by atoms with Gasteiger partial charge in [-0.25, -0.2) is 4.39 Å². The highest BCUT2D eigenvalue weighted by atomic mass is 19.1. The van der Waals surface area contributed by atoms with Crippen LogP contribution in [0.1, 0.15) is 23.6 Å². The quantitative estimate of drug-likeness (QED) is 0.826. The minimum absolute atomic E-state index is 0.110. The van der Waals surface area contributed by atoms with Gasteiger partial charge < -0.3 is 0 Å². The van der Waals surface area contributed by atoms with Crippen LogP contribution in [-0.4, -0.2) is 11.4 Å². The molecule has 0 saturated heterocycles. The van der Waals surface area contributed by atoms with E-state index in [0.717, 1.165) is 13.1 Å². The Morgan fingerprint density at radius 1 is 1.05 bits per heavy atom. The van der Waals surface area contributed by atoms with Crippen LogP contribution in [0.5, 0.6) is 0 Å². The molecule has 102 valence electrons. The SMILES string of the molecule is CCN(Cc1ccccc1)Cc1cccc(C#N)c1F. The molecule has 0 aliphatic carbocycles. The van der Waals surface area contributed by atoms with Gasteiger partial charge in [-0.3, -0.25) is 4.90 Å². The summed E-state index contributed by atoms with van der Waals surface area (Å²) in [6.45, 7) is 4.15. The normalized spacial score (nSPS) is 10.5. The molecular formula is C17H17FN2. The van der Waals surface area contributed by atoms with E-state index in [1.54, 1.807) is 12.1 Å². The Morgan fingerprint density at radius 3 is 2.45 bits per heavy atom. The number of rotatable bonds is 5. The van der Waals surface area contributed by atoms with Gasteiger partial charge in [0.15, 0.2) is 0 Å². The third kappa shape index (κ3) is 3.43. The molecule has 0 saturated carbocycles. The number of nitrogens with zero attached hydrogens (tertiary/aromatic N) is 2. The summed E-state index contributed by atoms with van der Waals surface area (Å²) in [4.78, 5) is 2.15. The molecule has 2 nitrogen and oxygen atoms in total. The zero-order chi connectivity index (χ0) is 14.4. The molecule has 2 rings (SSSR count). The topological polar surface area (TPSA) is 27.0 Å². The highest BCUT2D eigenvalue weighted by Gasteiger charge is 2.11. The molecule has 0 N–H and O–H groups in total. The van der Waals surface area contributed by atoms with Crippen molar-refractivity contribution in [2.75, 3.05) is 6.54 Å². The maximum Gasteiger partial charge on any atom is 0.145 e. The second-order valence-corrected chi connectivity index (χ2v) is 4.68. The van der Waals surface area contributed by atoms with Gasteiger partial charge in [0, 0.05) is 18.7 Å². The molecule has 0 aliphatic heterocycles. The monoisotopic (exact) mass is 268 g/mol. The van der Waals surface area contributed by atoms with Crippen LogP contribution < -0.4 is 0 Å². The van der Waals surface area contributed by atoms with E-state index in [1.807, 2.05) is 24.3 Å². The molecule has 0 unspecified atom stereocenters. The van der Waals surface area contributed by atoms with Crippen LogP contribution in [0.25, 0.3) is 0 Å². The molecule has 2 aromatic carbocycles. The van der Waals surface area contributed by atoms with Crippen molar-refractivity contribution in [1.29, 1.82) is 5.26 Å². The Balaban J connectivity index is 2.13. The number of benzene rings is 2. The molecular weight excluding hydrogens is 251 g/mol. The average molecular weight is 268 g/mol. The Hall–Kier alpha value is -2.18. The van der Waals surface area contributed by atoms with Crippen molar-refractivity contribution < 1.29 is 4.39 Å². The summed E-state index contributed by atoms with van der Waals surface area (Å²) in [7, 11) is 0. The van der Waals surface area contributed by atoms with Gasteiger partial charge in [-0.1, -0.05) is 49.4 Å². The van der Waals surface area contributed by atoms with Crippen molar-refractivity contribution in [1.82, 2.24) is 4.90 Å². The number of hydrogen-bond acceptors (Lipinski definition) is 2.